The third-order valence-electron chi connectivity index (χ3n) is 3.40. The third-order valence-corrected chi connectivity index (χ3v) is 4.31. The zero-order valence-corrected chi connectivity index (χ0v) is 12.7. The average molecular weight is 294 g/mol. The fourth-order valence-electron chi connectivity index (χ4n) is 2.31. The summed E-state index contributed by atoms with van der Waals surface area (Å²) in [4.78, 5) is 4.74. The van der Waals surface area contributed by atoms with Crippen molar-refractivity contribution in [2.24, 2.45) is 0 Å². The van der Waals surface area contributed by atoms with Gasteiger partial charge in [-0.1, -0.05) is 42.5 Å². The van der Waals surface area contributed by atoms with E-state index in [-0.39, 0.29) is 0 Å². The molecule has 0 bridgehead atoms. The highest BCUT2D eigenvalue weighted by atomic mass is 32.1. The molecule has 1 heterocycles. The van der Waals surface area contributed by atoms with Gasteiger partial charge >= 0.3 is 0 Å². The number of benzene rings is 2. The van der Waals surface area contributed by atoms with Gasteiger partial charge in [0.15, 0.2) is 0 Å². The molecule has 0 aliphatic heterocycles. The summed E-state index contributed by atoms with van der Waals surface area (Å²) < 4.78 is 0. The summed E-state index contributed by atoms with van der Waals surface area (Å²) in [5, 5.41) is 9.16. The van der Waals surface area contributed by atoms with Crippen molar-refractivity contribution in [2.45, 2.75) is 6.42 Å². The van der Waals surface area contributed by atoms with Gasteiger partial charge in [-0.25, -0.2) is 4.98 Å². The topological polar surface area (TPSA) is 24.9 Å². The summed E-state index contributed by atoms with van der Waals surface area (Å²) in [6.07, 6.45) is 2.84. The molecule has 0 aliphatic carbocycles. The second kappa shape index (κ2) is 6.66. The number of nitrogens with zero attached hydrogens (tertiary/aromatic N) is 1. The van der Waals surface area contributed by atoms with Gasteiger partial charge < -0.3 is 5.32 Å². The van der Waals surface area contributed by atoms with Crippen LogP contribution in [0.3, 0.4) is 0 Å². The Morgan fingerprint density at radius 2 is 2.00 bits per heavy atom. The first-order valence-electron chi connectivity index (χ1n) is 7.12. The fourth-order valence-corrected chi connectivity index (χ4v) is 3.11. The first kappa shape index (κ1) is 14.0. The summed E-state index contributed by atoms with van der Waals surface area (Å²) in [5.74, 6) is 0. The van der Waals surface area contributed by atoms with Crippen LogP contribution in [0, 0.1) is 0 Å². The predicted octanol–water partition coefficient (Wildman–Crippen LogP) is 4.28. The van der Waals surface area contributed by atoms with Crippen LogP contribution in [0.15, 0.2) is 60.5 Å². The molecule has 0 atom stereocenters. The number of hydrogen-bond acceptors (Lipinski definition) is 3. The molecule has 0 aliphatic rings. The number of rotatable bonds is 6. The van der Waals surface area contributed by atoms with Gasteiger partial charge in [-0.05, 0) is 16.8 Å². The van der Waals surface area contributed by atoms with Crippen LogP contribution in [0.2, 0.25) is 0 Å². The van der Waals surface area contributed by atoms with E-state index < -0.39 is 0 Å². The Morgan fingerprint density at radius 1 is 1.14 bits per heavy atom. The molecule has 106 valence electrons. The number of nitrogens with one attached hydrogen (secondary N) is 1. The summed E-state index contributed by atoms with van der Waals surface area (Å²) >= 11 is 1.73. The minimum Gasteiger partial charge on any atom is -0.313 e. The molecule has 0 amide bonds. The van der Waals surface area contributed by atoms with Crippen LogP contribution in [0.4, 0.5) is 0 Å². The van der Waals surface area contributed by atoms with Crippen LogP contribution >= 0.6 is 11.3 Å². The molecule has 3 heteroatoms. The van der Waals surface area contributed by atoms with E-state index >= 15 is 0 Å². The Hall–Kier alpha value is -1.97. The Bertz CT molecular complexity index is 746. The lowest BCUT2D eigenvalue weighted by Gasteiger charge is -2.01. The van der Waals surface area contributed by atoms with E-state index in [9.17, 15) is 0 Å². The fraction of sp³-hybridized carbons (Fsp3) is 0.167. The molecule has 3 rings (SSSR count). The number of fused-ring (bicyclic) bond motifs is 1. The van der Waals surface area contributed by atoms with Gasteiger partial charge in [0.05, 0.1) is 10.7 Å². The predicted molar refractivity (Wildman–Crippen MR) is 91.8 cm³/mol. The number of aromatic nitrogens is 1. The van der Waals surface area contributed by atoms with Gasteiger partial charge in [-0.3, -0.25) is 0 Å². The van der Waals surface area contributed by atoms with E-state index in [0.29, 0.717) is 0 Å². The van der Waals surface area contributed by atoms with E-state index in [4.69, 9.17) is 4.98 Å². The highest BCUT2D eigenvalue weighted by Crippen LogP contribution is 2.25. The molecule has 0 unspecified atom stereocenters. The summed E-state index contributed by atoms with van der Waals surface area (Å²) in [6, 6.07) is 14.9. The zero-order chi connectivity index (χ0) is 14.5. The third kappa shape index (κ3) is 3.38. The quantitative estimate of drug-likeness (QED) is 0.542. The lowest BCUT2D eigenvalue weighted by atomic mass is 10.1. The van der Waals surface area contributed by atoms with Crippen LogP contribution in [-0.2, 0) is 6.42 Å². The molecule has 3 aromatic rings. The maximum absolute atomic E-state index is 4.74. The lowest BCUT2D eigenvalue weighted by molar-refractivity contribution is 0.742. The Balaban J connectivity index is 1.76. The first-order chi connectivity index (χ1) is 10.4. The zero-order valence-electron chi connectivity index (χ0n) is 11.9. The molecular formula is C18H18N2S. The maximum Gasteiger partial charge on any atom is 0.0945 e. The normalized spacial score (nSPS) is 10.9. The van der Waals surface area contributed by atoms with Gasteiger partial charge in [-0.2, -0.15) is 0 Å². The van der Waals surface area contributed by atoms with Crippen LogP contribution in [-0.4, -0.2) is 18.1 Å². The highest BCUT2D eigenvalue weighted by molar-refractivity contribution is 7.09. The molecule has 21 heavy (non-hydrogen) atoms. The molecule has 0 saturated heterocycles. The average Bonchev–Trinajstić information content (AvgIpc) is 3.00. The molecule has 0 radical (unpaired) electrons. The van der Waals surface area contributed by atoms with E-state index in [0.717, 1.165) is 25.2 Å². The van der Waals surface area contributed by atoms with Gasteiger partial charge in [0.1, 0.15) is 0 Å². The highest BCUT2D eigenvalue weighted by Gasteiger charge is 2.05. The van der Waals surface area contributed by atoms with Crippen LogP contribution < -0.4 is 5.32 Å². The van der Waals surface area contributed by atoms with Gasteiger partial charge in [0.2, 0.25) is 0 Å². The van der Waals surface area contributed by atoms with Gasteiger partial charge in [0, 0.05) is 30.5 Å². The number of hydrogen-bond donors (Lipinski definition) is 1. The molecule has 0 spiro atoms. The summed E-state index contributed by atoms with van der Waals surface area (Å²) in [7, 11) is 0. The monoisotopic (exact) mass is 294 g/mol. The van der Waals surface area contributed by atoms with Crippen molar-refractivity contribution in [1.82, 2.24) is 10.3 Å². The summed E-state index contributed by atoms with van der Waals surface area (Å²) in [5.41, 5.74) is 2.26. The van der Waals surface area contributed by atoms with Crippen molar-refractivity contribution >= 4 is 22.1 Å². The molecule has 2 nitrogen and oxygen atoms in total. The smallest absolute Gasteiger partial charge is 0.0945 e. The van der Waals surface area contributed by atoms with E-state index in [1.54, 1.807) is 11.3 Å². The van der Waals surface area contributed by atoms with Crippen LogP contribution in [0.25, 0.3) is 22.0 Å². The van der Waals surface area contributed by atoms with Crippen molar-refractivity contribution in [3.63, 3.8) is 0 Å². The standard InChI is InChI=1S/C18H18N2S/c1-2-10-19-11-9-18-20-17(13-21-18)16-8-7-14-5-3-4-6-15(14)12-16/h2-8,12-13,19H,1,9-11H2. The summed E-state index contributed by atoms with van der Waals surface area (Å²) in [6.45, 7) is 5.49. The second-order valence-corrected chi connectivity index (χ2v) is 5.87. The first-order valence-corrected chi connectivity index (χ1v) is 8.00. The van der Waals surface area contributed by atoms with Crippen molar-refractivity contribution in [3.8, 4) is 11.3 Å². The van der Waals surface area contributed by atoms with Crippen molar-refractivity contribution in [3.05, 3.63) is 65.5 Å². The minimum absolute atomic E-state index is 0.850. The van der Waals surface area contributed by atoms with Crippen LogP contribution in [0.1, 0.15) is 5.01 Å². The Labute approximate surface area is 129 Å². The molecule has 1 N–H and O–H groups in total. The Kier molecular flexibility index (Phi) is 4.43. The molecule has 0 fully saturated rings. The molecule has 2 aromatic carbocycles. The van der Waals surface area contributed by atoms with Crippen LogP contribution in [0.5, 0.6) is 0 Å². The van der Waals surface area contributed by atoms with Crippen molar-refractivity contribution in [1.29, 1.82) is 0 Å². The van der Waals surface area contributed by atoms with Crippen molar-refractivity contribution < 1.29 is 0 Å². The van der Waals surface area contributed by atoms with E-state index in [2.05, 4.69) is 59.7 Å². The molecule has 0 saturated carbocycles. The van der Waals surface area contributed by atoms with E-state index in [1.165, 1.54) is 21.3 Å². The van der Waals surface area contributed by atoms with Gasteiger partial charge in [0.25, 0.3) is 0 Å². The number of thiazole rings is 1. The largest absolute Gasteiger partial charge is 0.313 e. The van der Waals surface area contributed by atoms with Crippen molar-refractivity contribution in [2.75, 3.05) is 13.1 Å². The van der Waals surface area contributed by atoms with E-state index in [1.807, 2.05) is 6.08 Å². The SMILES string of the molecule is C=CCNCCc1nc(-c2ccc3ccccc3c2)cs1. The minimum atomic E-state index is 0.850. The Morgan fingerprint density at radius 3 is 2.86 bits per heavy atom. The maximum atomic E-state index is 4.74. The van der Waals surface area contributed by atoms with Gasteiger partial charge in [-0.15, -0.1) is 17.9 Å². The lowest BCUT2D eigenvalue weighted by Crippen LogP contribution is -2.16. The second-order valence-electron chi connectivity index (χ2n) is 4.93. The molecule has 1 aromatic heterocycles. The molecular weight excluding hydrogens is 276 g/mol.